The summed E-state index contributed by atoms with van der Waals surface area (Å²) in [6.07, 6.45) is 0.427. The van der Waals surface area contributed by atoms with Crippen LogP contribution in [-0.2, 0) is 19.1 Å². The molecule has 0 saturated carbocycles. The van der Waals surface area contributed by atoms with Crippen LogP contribution >= 0.6 is 23.2 Å². The fourth-order valence-corrected chi connectivity index (χ4v) is 3.25. The molecule has 0 bridgehead atoms. The van der Waals surface area contributed by atoms with Gasteiger partial charge in [-0.15, -0.1) is 0 Å². The Balaban J connectivity index is 1.32. The number of amides is 2. The van der Waals surface area contributed by atoms with Gasteiger partial charge in [-0.1, -0.05) is 40.9 Å². The molecule has 0 fully saturated rings. The number of ether oxygens (including phenoxy) is 2. The summed E-state index contributed by atoms with van der Waals surface area (Å²) in [6, 6.07) is 19.3. The van der Waals surface area contributed by atoms with Crippen molar-refractivity contribution in [1.82, 2.24) is 0 Å². The summed E-state index contributed by atoms with van der Waals surface area (Å²) in [5.74, 6) is 0.0651. The van der Waals surface area contributed by atoms with Crippen LogP contribution in [0.15, 0.2) is 66.7 Å². The Labute approximate surface area is 213 Å². The van der Waals surface area contributed by atoms with E-state index in [1.54, 1.807) is 36.4 Å². The maximum absolute atomic E-state index is 12.1. The predicted molar refractivity (Wildman–Crippen MR) is 136 cm³/mol. The fourth-order valence-electron chi connectivity index (χ4n) is 2.95. The van der Waals surface area contributed by atoms with E-state index in [1.165, 1.54) is 6.07 Å². The van der Waals surface area contributed by atoms with E-state index in [9.17, 15) is 14.4 Å². The fraction of sp³-hybridized carbons (Fsp3) is 0.192. The molecule has 2 N–H and O–H groups in total. The minimum atomic E-state index is -0.570. The van der Waals surface area contributed by atoms with Crippen LogP contribution in [0.2, 0.25) is 10.0 Å². The first-order valence-electron chi connectivity index (χ1n) is 10.8. The first kappa shape index (κ1) is 26.1. The Morgan fingerprint density at radius 2 is 1.34 bits per heavy atom. The second-order valence-electron chi connectivity index (χ2n) is 7.68. The maximum atomic E-state index is 12.1. The molecule has 3 aromatic carbocycles. The molecule has 3 aromatic rings. The topological polar surface area (TPSA) is 93.7 Å². The number of anilines is 2. The zero-order valence-electron chi connectivity index (χ0n) is 19.0. The molecule has 0 aromatic heterocycles. The highest BCUT2D eigenvalue weighted by atomic mass is 35.5. The molecule has 3 rings (SSSR count). The average Bonchev–Trinajstić information content (AvgIpc) is 2.83. The molecule has 35 heavy (non-hydrogen) atoms. The average molecular weight is 515 g/mol. The number of nitrogens with one attached hydrogen (secondary N) is 2. The van der Waals surface area contributed by atoms with Crippen molar-refractivity contribution in [2.75, 3.05) is 17.2 Å². The van der Waals surface area contributed by atoms with E-state index in [4.69, 9.17) is 32.7 Å². The van der Waals surface area contributed by atoms with Crippen LogP contribution in [0.5, 0.6) is 11.5 Å². The van der Waals surface area contributed by atoms with Gasteiger partial charge in [-0.2, -0.15) is 0 Å². The molecule has 0 aliphatic heterocycles. The Morgan fingerprint density at radius 1 is 0.743 bits per heavy atom. The minimum absolute atomic E-state index is 0.0107. The van der Waals surface area contributed by atoms with Crippen molar-refractivity contribution >= 4 is 52.4 Å². The van der Waals surface area contributed by atoms with Gasteiger partial charge in [0.2, 0.25) is 5.91 Å². The quantitative estimate of drug-likeness (QED) is 0.306. The van der Waals surface area contributed by atoms with Crippen molar-refractivity contribution in [2.45, 2.75) is 26.2 Å². The van der Waals surface area contributed by atoms with E-state index in [2.05, 4.69) is 10.6 Å². The summed E-state index contributed by atoms with van der Waals surface area (Å²) in [7, 11) is 0. The lowest BCUT2D eigenvalue weighted by atomic mass is 10.2. The molecule has 0 aliphatic rings. The number of aryl methyl sites for hydroxylation is 1. The van der Waals surface area contributed by atoms with Gasteiger partial charge in [0.25, 0.3) is 5.91 Å². The lowest BCUT2D eigenvalue weighted by Crippen LogP contribution is -2.21. The van der Waals surface area contributed by atoms with Crippen LogP contribution in [-0.4, -0.2) is 24.4 Å². The van der Waals surface area contributed by atoms with Gasteiger partial charge in [-0.25, -0.2) is 0 Å². The third kappa shape index (κ3) is 8.96. The minimum Gasteiger partial charge on any atom is -0.457 e. The predicted octanol–water partition coefficient (Wildman–Crippen LogP) is 6.38. The number of hydrogen-bond acceptors (Lipinski definition) is 5. The molecule has 7 nitrogen and oxygen atoms in total. The van der Waals surface area contributed by atoms with E-state index in [-0.39, 0.29) is 25.2 Å². The van der Waals surface area contributed by atoms with Crippen LogP contribution in [0.3, 0.4) is 0 Å². The Kier molecular flexibility index (Phi) is 9.52. The summed E-state index contributed by atoms with van der Waals surface area (Å²) >= 11 is 11.7. The van der Waals surface area contributed by atoms with Gasteiger partial charge in [0, 0.05) is 24.2 Å². The Hall–Kier alpha value is -3.55. The van der Waals surface area contributed by atoms with Crippen molar-refractivity contribution < 1.29 is 23.9 Å². The molecule has 9 heteroatoms. The molecule has 0 unspecified atom stereocenters. The summed E-state index contributed by atoms with van der Waals surface area (Å²) in [5, 5.41) is 5.99. The van der Waals surface area contributed by atoms with Crippen LogP contribution in [0.25, 0.3) is 0 Å². The standard InChI is InChI=1S/C26H24Cl2N2O5/c1-17-5-10-20(11-6-17)35-21-12-7-18(8-13-21)29-24(31)3-2-4-26(33)34-16-25(32)30-19-9-14-22(27)23(28)15-19/h5-15H,2-4,16H2,1H3,(H,29,31)(H,30,32). The summed E-state index contributed by atoms with van der Waals surface area (Å²) in [4.78, 5) is 35.9. The van der Waals surface area contributed by atoms with Crippen LogP contribution in [0, 0.1) is 6.92 Å². The first-order valence-corrected chi connectivity index (χ1v) is 11.6. The summed E-state index contributed by atoms with van der Waals surface area (Å²) in [6.45, 7) is 1.56. The second-order valence-corrected chi connectivity index (χ2v) is 8.49. The number of halogens is 2. The van der Waals surface area contributed by atoms with Crippen molar-refractivity contribution in [3.63, 3.8) is 0 Å². The first-order chi connectivity index (χ1) is 16.8. The molecule has 0 saturated heterocycles. The SMILES string of the molecule is Cc1ccc(Oc2ccc(NC(=O)CCCC(=O)OCC(=O)Nc3ccc(Cl)c(Cl)c3)cc2)cc1. The summed E-state index contributed by atoms with van der Waals surface area (Å²) in [5.41, 5.74) is 2.20. The lowest BCUT2D eigenvalue weighted by molar-refractivity contribution is -0.147. The van der Waals surface area contributed by atoms with Crippen molar-refractivity contribution in [2.24, 2.45) is 0 Å². The number of esters is 1. The third-order valence-corrected chi connectivity index (χ3v) is 5.49. The van der Waals surface area contributed by atoms with E-state index >= 15 is 0 Å². The van der Waals surface area contributed by atoms with Gasteiger partial charge >= 0.3 is 5.97 Å². The van der Waals surface area contributed by atoms with Crippen LogP contribution < -0.4 is 15.4 Å². The van der Waals surface area contributed by atoms with Crippen LogP contribution in [0.1, 0.15) is 24.8 Å². The Morgan fingerprint density at radius 3 is 2.00 bits per heavy atom. The lowest BCUT2D eigenvalue weighted by Gasteiger charge is -2.09. The molecular weight excluding hydrogens is 491 g/mol. The van der Waals surface area contributed by atoms with E-state index in [1.807, 2.05) is 31.2 Å². The molecule has 0 aliphatic carbocycles. The van der Waals surface area contributed by atoms with Gasteiger partial charge in [-0.05, 0) is 67.9 Å². The number of benzene rings is 3. The van der Waals surface area contributed by atoms with Gasteiger partial charge in [0.15, 0.2) is 6.61 Å². The van der Waals surface area contributed by atoms with Gasteiger partial charge in [0.05, 0.1) is 10.0 Å². The largest absolute Gasteiger partial charge is 0.457 e. The second kappa shape index (κ2) is 12.8. The van der Waals surface area contributed by atoms with E-state index < -0.39 is 18.5 Å². The highest BCUT2D eigenvalue weighted by Gasteiger charge is 2.11. The van der Waals surface area contributed by atoms with Crippen molar-refractivity contribution in [1.29, 1.82) is 0 Å². The molecule has 2 amide bonds. The van der Waals surface area contributed by atoms with Crippen molar-refractivity contribution in [3.8, 4) is 11.5 Å². The van der Waals surface area contributed by atoms with Crippen LogP contribution in [0.4, 0.5) is 11.4 Å². The summed E-state index contributed by atoms with van der Waals surface area (Å²) < 4.78 is 10.7. The number of carbonyl (C=O) groups is 3. The third-order valence-electron chi connectivity index (χ3n) is 4.75. The zero-order chi connectivity index (χ0) is 25.2. The maximum Gasteiger partial charge on any atom is 0.306 e. The molecule has 0 spiro atoms. The van der Waals surface area contributed by atoms with E-state index in [0.29, 0.717) is 27.2 Å². The smallest absolute Gasteiger partial charge is 0.306 e. The highest BCUT2D eigenvalue weighted by molar-refractivity contribution is 6.42. The van der Waals surface area contributed by atoms with Gasteiger partial charge in [0.1, 0.15) is 11.5 Å². The number of rotatable bonds is 10. The highest BCUT2D eigenvalue weighted by Crippen LogP contribution is 2.25. The monoisotopic (exact) mass is 514 g/mol. The van der Waals surface area contributed by atoms with Gasteiger partial charge < -0.3 is 20.1 Å². The molecule has 0 radical (unpaired) electrons. The Bertz CT molecular complexity index is 1180. The molecule has 0 atom stereocenters. The number of hydrogen-bond donors (Lipinski definition) is 2. The molecule has 0 heterocycles. The molecule has 182 valence electrons. The number of carbonyl (C=O) groups excluding carboxylic acids is 3. The molecular formula is C26H24Cl2N2O5. The van der Waals surface area contributed by atoms with Gasteiger partial charge in [-0.3, -0.25) is 14.4 Å². The zero-order valence-corrected chi connectivity index (χ0v) is 20.5. The van der Waals surface area contributed by atoms with Crippen molar-refractivity contribution in [3.05, 3.63) is 82.3 Å². The van der Waals surface area contributed by atoms with E-state index in [0.717, 1.165) is 11.3 Å². The normalized spacial score (nSPS) is 10.4.